The van der Waals surface area contributed by atoms with Crippen LogP contribution in [-0.4, -0.2) is 62.3 Å². The van der Waals surface area contributed by atoms with E-state index in [0.29, 0.717) is 64.0 Å². The second-order valence-corrected chi connectivity index (χ2v) is 10.9. The molecule has 1 saturated heterocycles. The summed E-state index contributed by atoms with van der Waals surface area (Å²) < 4.78 is 1.50. The maximum atomic E-state index is 14.0. The van der Waals surface area contributed by atoms with Crippen LogP contribution < -0.4 is 10.6 Å². The van der Waals surface area contributed by atoms with E-state index in [1.165, 1.54) is 10.6 Å². The van der Waals surface area contributed by atoms with Crippen molar-refractivity contribution in [3.63, 3.8) is 0 Å². The maximum absolute atomic E-state index is 14.0. The zero-order valence-corrected chi connectivity index (χ0v) is 24.2. The van der Waals surface area contributed by atoms with Gasteiger partial charge in [-0.15, -0.1) is 0 Å². The van der Waals surface area contributed by atoms with E-state index < -0.39 is 5.69 Å². The number of halogens is 1. The van der Waals surface area contributed by atoms with Gasteiger partial charge in [-0.2, -0.15) is 4.98 Å². The van der Waals surface area contributed by atoms with Gasteiger partial charge in [0.15, 0.2) is 11.9 Å². The average molecular weight is 571 g/mol. The molecule has 0 spiro atoms. The van der Waals surface area contributed by atoms with E-state index in [4.69, 9.17) is 16.6 Å². The summed E-state index contributed by atoms with van der Waals surface area (Å²) in [5, 5.41) is 0.899. The van der Waals surface area contributed by atoms with Crippen molar-refractivity contribution in [1.29, 1.82) is 0 Å². The number of amides is 1. The highest BCUT2D eigenvalue weighted by Gasteiger charge is 2.30. The first-order chi connectivity index (χ1) is 19.7. The average Bonchev–Trinajstić information content (AvgIpc) is 2.96. The molecule has 0 N–H and O–H groups in total. The molecule has 1 amide bonds. The lowest BCUT2D eigenvalue weighted by atomic mass is 10.0. The third-order valence-electron chi connectivity index (χ3n) is 7.45. The van der Waals surface area contributed by atoms with Crippen LogP contribution in [0.15, 0.2) is 60.0 Å². The summed E-state index contributed by atoms with van der Waals surface area (Å²) in [6.45, 7) is 12.9. The second-order valence-electron chi connectivity index (χ2n) is 10.5. The van der Waals surface area contributed by atoms with Gasteiger partial charge in [0, 0.05) is 43.0 Å². The molecule has 1 aliphatic heterocycles. The second kappa shape index (κ2) is 11.2. The van der Waals surface area contributed by atoms with E-state index in [1.807, 2.05) is 44.7 Å². The molecule has 0 aliphatic carbocycles. The Labute approximate surface area is 243 Å². The minimum absolute atomic E-state index is 0.0181. The Kier molecular flexibility index (Phi) is 7.73. The van der Waals surface area contributed by atoms with Crippen LogP contribution in [0.25, 0.3) is 28.0 Å². The summed E-state index contributed by atoms with van der Waals surface area (Å²) in [6.07, 6.45) is 3.80. The number of fused-ring (bicyclic) bond motifs is 1. The number of aldehydes is 1. The number of aryl methyl sites for hydroxylation is 1. The molecule has 4 aromatic rings. The summed E-state index contributed by atoms with van der Waals surface area (Å²) in [6, 6.07) is 10.5. The van der Waals surface area contributed by atoms with Crippen LogP contribution in [0.1, 0.15) is 48.3 Å². The molecule has 1 aromatic carbocycles. The number of hydrogen-bond donors (Lipinski definition) is 0. The molecule has 0 saturated carbocycles. The zero-order chi connectivity index (χ0) is 29.4. The van der Waals surface area contributed by atoms with Gasteiger partial charge in [-0.1, -0.05) is 56.3 Å². The standard InChI is InChI=1S/C31H31ClN6O3/c1-6-25(40)36-13-14-37(20(5)16-36)29-23-15-24(32)27(22-10-8-7-9-21(22)17-39)34-30(23)38(31(41)35-29)28-19(4)11-12-33-26(28)18(2)3/h6-12,15,17-18,20H,1,13-14,16H2,2-5H3/t20-/m0/s1. The highest BCUT2D eigenvalue weighted by atomic mass is 35.5. The van der Waals surface area contributed by atoms with E-state index in [2.05, 4.69) is 16.5 Å². The molecule has 4 heterocycles. The van der Waals surface area contributed by atoms with Crippen LogP contribution in [0.4, 0.5) is 5.82 Å². The molecular weight excluding hydrogens is 540 g/mol. The number of aromatic nitrogens is 4. The summed E-state index contributed by atoms with van der Waals surface area (Å²) in [7, 11) is 0. The maximum Gasteiger partial charge on any atom is 0.355 e. The number of piperazine rings is 1. The first-order valence-corrected chi connectivity index (χ1v) is 13.9. The first-order valence-electron chi connectivity index (χ1n) is 13.5. The topological polar surface area (TPSA) is 101 Å². The molecule has 1 aliphatic rings. The Balaban J connectivity index is 1.82. The van der Waals surface area contributed by atoms with Crippen molar-refractivity contribution in [3.8, 4) is 16.9 Å². The minimum Gasteiger partial charge on any atom is -0.350 e. The number of carbonyl (C=O) groups is 2. The van der Waals surface area contributed by atoms with Crippen LogP contribution in [0, 0.1) is 6.92 Å². The van der Waals surface area contributed by atoms with Crippen LogP contribution in [0.2, 0.25) is 5.02 Å². The SMILES string of the molecule is C=CC(=O)N1CCN(c2nc(=O)n(-c3c(C)ccnc3C(C)C)c3nc(-c4ccccc4C=O)c(Cl)cc23)[C@@H](C)C1. The van der Waals surface area contributed by atoms with Gasteiger partial charge in [0.25, 0.3) is 0 Å². The van der Waals surface area contributed by atoms with Gasteiger partial charge in [0.05, 0.1) is 27.5 Å². The van der Waals surface area contributed by atoms with Gasteiger partial charge >= 0.3 is 5.69 Å². The summed E-state index contributed by atoms with van der Waals surface area (Å²) >= 11 is 6.86. The van der Waals surface area contributed by atoms with Crippen LogP contribution in [-0.2, 0) is 4.79 Å². The Morgan fingerprint density at radius 1 is 1.17 bits per heavy atom. The summed E-state index contributed by atoms with van der Waals surface area (Å²) in [5.41, 5.74) is 3.43. The fraction of sp³-hybridized carbons (Fsp3) is 0.290. The van der Waals surface area contributed by atoms with Crippen molar-refractivity contribution >= 4 is 40.6 Å². The predicted octanol–water partition coefficient (Wildman–Crippen LogP) is 4.96. The monoisotopic (exact) mass is 570 g/mol. The van der Waals surface area contributed by atoms with Crippen molar-refractivity contribution in [3.05, 3.63) is 87.6 Å². The van der Waals surface area contributed by atoms with Crippen molar-refractivity contribution in [2.75, 3.05) is 24.5 Å². The smallest absolute Gasteiger partial charge is 0.350 e. The Morgan fingerprint density at radius 2 is 1.93 bits per heavy atom. The number of nitrogens with zero attached hydrogens (tertiary/aromatic N) is 6. The Bertz CT molecular complexity index is 1750. The van der Waals surface area contributed by atoms with E-state index in [9.17, 15) is 14.4 Å². The molecule has 1 atom stereocenters. The minimum atomic E-state index is -0.508. The van der Waals surface area contributed by atoms with E-state index in [1.54, 1.807) is 35.4 Å². The molecule has 210 valence electrons. The lowest BCUT2D eigenvalue weighted by molar-refractivity contribution is -0.126. The summed E-state index contributed by atoms with van der Waals surface area (Å²) in [4.78, 5) is 56.1. The number of pyridine rings is 2. The summed E-state index contributed by atoms with van der Waals surface area (Å²) in [5.74, 6) is 0.322. The third-order valence-corrected chi connectivity index (χ3v) is 7.74. The van der Waals surface area contributed by atoms with Crippen molar-refractivity contribution in [2.45, 2.75) is 39.7 Å². The van der Waals surface area contributed by atoms with Crippen molar-refractivity contribution in [2.24, 2.45) is 0 Å². The van der Waals surface area contributed by atoms with E-state index in [0.717, 1.165) is 17.5 Å². The lowest BCUT2D eigenvalue weighted by Gasteiger charge is -2.40. The van der Waals surface area contributed by atoms with Crippen molar-refractivity contribution < 1.29 is 9.59 Å². The van der Waals surface area contributed by atoms with E-state index in [-0.39, 0.29) is 17.9 Å². The highest BCUT2D eigenvalue weighted by molar-refractivity contribution is 6.34. The fourth-order valence-electron chi connectivity index (χ4n) is 5.42. The molecule has 0 radical (unpaired) electrons. The Morgan fingerprint density at radius 3 is 2.61 bits per heavy atom. The van der Waals surface area contributed by atoms with Gasteiger partial charge in [-0.3, -0.25) is 14.6 Å². The normalized spacial score (nSPS) is 15.4. The lowest BCUT2D eigenvalue weighted by Crippen LogP contribution is -2.54. The van der Waals surface area contributed by atoms with Gasteiger partial charge in [-0.05, 0) is 43.5 Å². The first kappa shape index (κ1) is 28.2. The predicted molar refractivity (Wildman–Crippen MR) is 161 cm³/mol. The van der Waals surface area contributed by atoms with Gasteiger partial charge in [0.1, 0.15) is 5.82 Å². The molecule has 9 nitrogen and oxygen atoms in total. The van der Waals surface area contributed by atoms with Gasteiger partial charge < -0.3 is 9.80 Å². The largest absolute Gasteiger partial charge is 0.355 e. The molecule has 10 heteroatoms. The zero-order valence-electron chi connectivity index (χ0n) is 23.5. The number of carbonyl (C=O) groups excluding carboxylic acids is 2. The van der Waals surface area contributed by atoms with Gasteiger partial charge in [0.2, 0.25) is 5.91 Å². The molecule has 0 bridgehead atoms. The number of benzene rings is 1. The fourth-order valence-corrected chi connectivity index (χ4v) is 5.67. The van der Waals surface area contributed by atoms with Crippen molar-refractivity contribution in [1.82, 2.24) is 24.4 Å². The van der Waals surface area contributed by atoms with E-state index >= 15 is 0 Å². The quantitative estimate of drug-likeness (QED) is 0.238. The molecule has 1 fully saturated rings. The van der Waals surface area contributed by atoms with Gasteiger partial charge in [-0.25, -0.2) is 14.3 Å². The van der Waals surface area contributed by atoms with Crippen LogP contribution in [0.3, 0.4) is 0 Å². The number of anilines is 1. The highest BCUT2D eigenvalue weighted by Crippen LogP contribution is 2.36. The Hall–Kier alpha value is -4.37. The molecule has 3 aromatic heterocycles. The van der Waals surface area contributed by atoms with Crippen LogP contribution >= 0.6 is 11.6 Å². The molecule has 41 heavy (non-hydrogen) atoms. The molecule has 0 unspecified atom stereocenters. The van der Waals surface area contributed by atoms with Crippen LogP contribution in [0.5, 0.6) is 0 Å². The number of hydrogen-bond acceptors (Lipinski definition) is 7. The molecule has 5 rings (SSSR count). The molecular formula is C31H31ClN6O3. The number of rotatable bonds is 6. The third kappa shape index (κ3) is 5.02.